The molecule has 1 N–H and O–H groups in total. The smallest absolute Gasteiger partial charge is 0.267 e. The molecule has 7 heteroatoms. The number of rotatable bonds is 6. The Morgan fingerprint density at radius 3 is 2.61 bits per heavy atom. The van der Waals surface area contributed by atoms with Crippen LogP contribution in [-0.2, 0) is 16.1 Å². The topological polar surface area (TPSA) is 58.6 Å². The Labute approximate surface area is 188 Å². The summed E-state index contributed by atoms with van der Waals surface area (Å²) in [5.74, 6) is -0.849. The predicted molar refractivity (Wildman–Crippen MR) is 119 cm³/mol. The monoisotopic (exact) mass is 482 g/mol. The van der Waals surface area contributed by atoms with E-state index < -0.39 is 11.9 Å². The van der Waals surface area contributed by atoms with E-state index in [-0.39, 0.29) is 23.6 Å². The Kier molecular flexibility index (Phi) is 6.04. The molecule has 3 aromatic rings. The Hall–Kier alpha value is -3.19. The second kappa shape index (κ2) is 8.89. The minimum Gasteiger partial charge on any atom is -0.475 e. The molecule has 1 saturated heterocycles. The summed E-state index contributed by atoms with van der Waals surface area (Å²) < 4.78 is 20.8. The van der Waals surface area contributed by atoms with Crippen molar-refractivity contribution in [3.05, 3.63) is 94.2 Å². The predicted octanol–water partition coefficient (Wildman–Crippen LogP) is 5.08. The van der Waals surface area contributed by atoms with E-state index in [4.69, 9.17) is 4.74 Å². The van der Waals surface area contributed by atoms with Crippen LogP contribution in [0.5, 0.6) is 5.75 Å². The maximum absolute atomic E-state index is 14.1. The second-order valence-electron chi connectivity index (χ2n) is 7.32. The van der Waals surface area contributed by atoms with Gasteiger partial charge in [-0.1, -0.05) is 52.3 Å². The molecule has 158 valence electrons. The number of halogens is 2. The summed E-state index contributed by atoms with van der Waals surface area (Å²) in [6.07, 6.45) is -0.829. The molecule has 0 unspecified atom stereocenters. The molecule has 1 fully saturated rings. The van der Waals surface area contributed by atoms with Crippen LogP contribution in [0.15, 0.2) is 77.3 Å². The minimum atomic E-state index is -0.829. The number of benzene rings is 3. The standard InChI is InChI=1S/C24H20BrFN2O3/c1-15(29)27-19-9-4-6-16(12-19)14-28-22(17-7-5-8-18(25)13-17)23(24(28)30)31-21-11-3-2-10-20(21)26/h2-13,22-23H,14H2,1H3,(H,27,29)/t22-,23+/m1/s1. The lowest BCUT2D eigenvalue weighted by Gasteiger charge is -2.47. The lowest BCUT2D eigenvalue weighted by molar-refractivity contribution is -0.165. The molecular formula is C24H20BrFN2O3. The van der Waals surface area contributed by atoms with Crippen LogP contribution in [0.3, 0.4) is 0 Å². The molecule has 31 heavy (non-hydrogen) atoms. The van der Waals surface area contributed by atoms with Gasteiger partial charge in [0.1, 0.15) is 6.04 Å². The highest BCUT2D eigenvalue weighted by molar-refractivity contribution is 9.10. The Bertz CT molecular complexity index is 1140. The average Bonchev–Trinajstić information content (AvgIpc) is 2.73. The molecule has 0 saturated carbocycles. The molecule has 0 bridgehead atoms. The van der Waals surface area contributed by atoms with Gasteiger partial charge in [-0.05, 0) is 47.5 Å². The van der Waals surface area contributed by atoms with Gasteiger partial charge in [-0.25, -0.2) is 4.39 Å². The molecular weight excluding hydrogens is 463 g/mol. The number of carbonyl (C=O) groups is 2. The maximum atomic E-state index is 14.1. The quantitative estimate of drug-likeness (QED) is 0.498. The summed E-state index contributed by atoms with van der Waals surface area (Å²) in [4.78, 5) is 26.1. The Morgan fingerprint density at radius 1 is 1.10 bits per heavy atom. The minimum absolute atomic E-state index is 0.0492. The summed E-state index contributed by atoms with van der Waals surface area (Å²) in [6.45, 7) is 1.78. The third-order valence-corrected chi connectivity index (χ3v) is 5.52. The number of anilines is 1. The van der Waals surface area contributed by atoms with E-state index in [1.54, 1.807) is 23.1 Å². The van der Waals surface area contributed by atoms with Gasteiger partial charge in [-0.3, -0.25) is 9.59 Å². The van der Waals surface area contributed by atoms with E-state index in [1.807, 2.05) is 42.5 Å². The fourth-order valence-electron chi connectivity index (χ4n) is 3.68. The fourth-order valence-corrected chi connectivity index (χ4v) is 4.09. The molecule has 0 aromatic heterocycles. The van der Waals surface area contributed by atoms with Crippen molar-refractivity contribution in [2.75, 3.05) is 5.32 Å². The van der Waals surface area contributed by atoms with Gasteiger partial charge < -0.3 is 15.0 Å². The molecule has 3 aromatic carbocycles. The zero-order valence-electron chi connectivity index (χ0n) is 16.7. The van der Waals surface area contributed by atoms with E-state index >= 15 is 0 Å². The first-order valence-corrected chi connectivity index (χ1v) is 10.6. The van der Waals surface area contributed by atoms with Crippen LogP contribution in [0.1, 0.15) is 24.1 Å². The molecule has 1 aliphatic rings. The number of ether oxygens (including phenoxy) is 1. The zero-order valence-corrected chi connectivity index (χ0v) is 18.3. The Morgan fingerprint density at radius 2 is 1.87 bits per heavy atom. The number of hydrogen-bond donors (Lipinski definition) is 1. The fraction of sp³-hybridized carbons (Fsp3) is 0.167. The van der Waals surface area contributed by atoms with Gasteiger partial charge in [0.15, 0.2) is 11.6 Å². The largest absolute Gasteiger partial charge is 0.475 e. The highest BCUT2D eigenvalue weighted by Crippen LogP contribution is 2.40. The molecule has 1 heterocycles. The van der Waals surface area contributed by atoms with Crippen molar-refractivity contribution >= 4 is 33.4 Å². The summed E-state index contributed by atoms with van der Waals surface area (Å²) in [6, 6.07) is 20.6. The number of para-hydroxylation sites is 1. The lowest BCUT2D eigenvalue weighted by atomic mass is 9.89. The molecule has 1 aliphatic heterocycles. The van der Waals surface area contributed by atoms with Crippen LogP contribution in [-0.4, -0.2) is 22.8 Å². The second-order valence-corrected chi connectivity index (χ2v) is 8.23. The van der Waals surface area contributed by atoms with Gasteiger partial charge in [-0.2, -0.15) is 0 Å². The normalized spacial score (nSPS) is 17.8. The molecule has 0 spiro atoms. The van der Waals surface area contributed by atoms with Gasteiger partial charge in [0.25, 0.3) is 5.91 Å². The first-order valence-electron chi connectivity index (χ1n) is 9.76. The van der Waals surface area contributed by atoms with E-state index in [2.05, 4.69) is 21.2 Å². The highest BCUT2D eigenvalue weighted by atomic mass is 79.9. The van der Waals surface area contributed by atoms with Gasteiger partial charge in [0.2, 0.25) is 12.0 Å². The summed E-state index contributed by atoms with van der Waals surface area (Å²) in [5.41, 5.74) is 2.41. The maximum Gasteiger partial charge on any atom is 0.267 e. The summed E-state index contributed by atoms with van der Waals surface area (Å²) in [5, 5.41) is 2.75. The summed E-state index contributed by atoms with van der Waals surface area (Å²) in [7, 11) is 0. The van der Waals surface area contributed by atoms with Crippen molar-refractivity contribution in [3.63, 3.8) is 0 Å². The number of likely N-dealkylation sites (tertiary alicyclic amines) is 1. The average molecular weight is 483 g/mol. The molecule has 4 rings (SSSR count). The van der Waals surface area contributed by atoms with Gasteiger partial charge in [0, 0.05) is 23.6 Å². The molecule has 0 aliphatic carbocycles. The number of nitrogens with zero attached hydrogens (tertiary/aromatic N) is 1. The van der Waals surface area contributed by atoms with E-state index in [0.29, 0.717) is 12.2 Å². The first-order chi connectivity index (χ1) is 14.9. The molecule has 5 nitrogen and oxygen atoms in total. The number of β-lactam (4-membered cyclic amide) rings is 1. The van der Waals surface area contributed by atoms with Crippen molar-refractivity contribution in [2.45, 2.75) is 25.6 Å². The van der Waals surface area contributed by atoms with Gasteiger partial charge in [-0.15, -0.1) is 0 Å². The van der Waals surface area contributed by atoms with Crippen molar-refractivity contribution in [3.8, 4) is 5.75 Å². The van der Waals surface area contributed by atoms with Gasteiger partial charge >= 0.3 is 0 Å². The number of amides is 2. The van der Waals surface area contributed by atoms with Crippen molar-refractivity contribution in [2.24, 2.45) is 0 Å². The zero-order chi connectivity index (χ0) is 22.0. The summed E-state index contributed by atoms with van der Waals surface area (Å²) >= 11 is 3.47. The van der Waals surface area contributed by atoms with Crippen molar-refractivity contribution < 1.29 is 18.7 Å². The van der Waals surface area contributed by atoms with Crippen LogP contribution in [0, 0.1) is 5.82 Å². The number of nitrogens with one attached hydrogen (secondary N) is 1. The Balaban J connectivity index is 1.62. The number of carbonyl (C=O) groups excluding carboxylic acids is 2. The molecule has 0 radical (unpaired) electrons. The third-order valence-electron chi connectivity index (χ3n) is 5.03. The van der Waals surface area contributed by atoms with Crippen LogP contribution >= 0.6 is 15.9 Å². The van der Waals surface area contributed by atoms with E-state index in [0.717, 1.165) is 15.6 Å². The van der Waals surface area contributed by atoms with Crippen molar-refractivity contribution in [1.29, 1.82) is 0 Å². The highest BCUT2D eigenvalue weighted by Gasteiger charge is 2.50. The van der Waals surface area contributed by atoms with E-state index in [9.17, 15) is 14.0 Å². The lowest BCUT2D eigenvalue weighted by Crippen LogP contribution is -2.60. The SMILES string of the molecule is CC(=O)Nc1cccc(CN2C(=O)[C@@H](Oc3ccccc3F)[C@H]2c2cccc(Br)c2)c1. The van der Waals surface area contributed by atoms with Crippen molar-refractivity contribution in [1.82, 2.24) is 4.90 Å². The van der Waals surface area contributed by atoms with Crippen LogP contribution < -0.4 is 10.1 Å². The first kappa shape index (κ1) is 21.1. The van der Waals surface area contributed by atoms with E-state index in [1.165, 1.54) is 19.1 Å². The van der Waals surface area contributed by atoms with Crippen LogP contribution in [0.25, 0.3) is 0 Å². The molecule has 2 amide bonds. The van der Waals surface area contributed by atoms with Crippen LogP contribution in [0.4, 0.5) is 10.1 Å². The third kappa shape index (κ3) is 4.61. The van der Waals surface area contributed by atoms with Crippen LogP contribution in [0.2, 0.25) is 0 Å². The number of hydrogen-bond acceptors (Lipinski definition) is 3. The molecule has 2 atom stereocenters. The van der Waals surface area contributed by atoms with Gasteiger partial charge in [0.05, 0.1) is 0 Å².